The molecule has 0 fully saturated rings. The van der Waals surface area contributed by atoms with Crippen LogP contribution in [0.15, 0.2) is 12.3 Å². The molecule has 0 unspecified atom stereocenters. The zero-order valence-corrected chi connectivity index (χ0v) is 8.54. The van der Waals surface area contributed by atoms with E-state index in [9.17, 15) is 4.79 Å². The van der Waals surface area contributed by atoms with E-state index < -0.39 is 5.97 Å². The summed E-state index contributed by atoms with van der Waals surface area (Å²) >= 11 is 5.64. The van der Waals surface area contributed by atoms with Crippen LogP contribution in [-0.2, 0) is 0 Å². The van der Waals surface area contributed by atoms with E-state index in [1.54, 1.807) is 19.1 Å². The summed E-state index contributed by atoms with van der Waals surface area (Å²) in [6, 6.07) is 1.38. The molecule has 0 spiro atoms. The minimum atomic E-state index is -1.07. The minimum Gasteiger partial charge on any atom is -0.478 e. The van der Waals surface area contributed by atoms with Crippen LogP contribution >= 0.6 is 11.6 Å². The van der Waals surface area contributed by atoms with Crippen molar-refractivity contribution in [1.82, 2.24) is 9.99 Å². The van der Waals surface area contributed by atoms with E-state index in [1.807, 2.05) is 0 Å². The lowest BCUT2D eigenvalue weighted by atomic mass is 10.2. The highest BCUT2D eigenvalue weighted by Crippen LogP contribution is 2.17. The van der Waals surface area contributed by atoms with Crippen LogP contribution < -0.4 is 5.43 Å². The van der Waals surface area contributed by atoms with Crippen LogP contribution in [0.25, 0.3) is 0 Å². The molecule has 0 aromatic carbocycles. The van der Waals surface area contributed by atoms with Crippen molar-refractivity contribution < 1.29 is 9.90 Å². The molecule has 5 nitrogen and oxygen atoms in total. The number of carboxylic acid groups (broad SMARTS) is 1. The van der Waals surface area contributed by atoms with Gasteiger partial charge in [-0.1, -0.05) is 11.6 Å². The molecule has 0 aliphatic rings. The molecule has 0 bridgehead atoms. The van der Waals surface area contributed by atoms with Gasteiger partial charge in [0.15, 0.2) is 0 Å². The van der Waals surface area contributed by atoms with Gasteiger partial charge in [-0.25, -0.2) is 14.8 Å². The molecule has 0 saturated heterocycles. The molecular weight excluding hydrogens is 206 g/mol. The summed E-state index contributed by atoms with van der Waals surface area (Å²) in [5.41, 5.74) is 2.86. The van der Waals surface area contributed by atoms with Gasteiger partial charge in [0.2, 0.25) is 0 Å². The number of nitrogens with zero attached hydrogens (tertiary/aromatic N) is 2. The van der Waals surface area contributed by atoms with Crippen LogP contribution in [0, 0.1) is 0 Å². The predicted molar refractivity (Wildman–Crippen MR) is 53.5 cm³/mol. The van der Waals surface area contributed by atoms with Crippen LogP contribution in [0.2, 0.25) is 5.02 Å². The number of aromatic carboxylic acids is 1. The number of hydrogen-bond acceptors (Lipinski definition) is 4. The quantitative estimate of drug-likeness (QED) is 0.745. The number of halogens is 1. The second kappa shape index (κ2) is 4.26. The lowest BCUT2D eigenvalue weighted by Crippen LogP contribution is -2.20. The summed E-state index contributed by atoms with van der Waals surface area (Å²) in [7, 11) is 3.55. The first kappa shape index (κ1) is 10.7. The molecule has 1 aromatic heterocycles. The average molecular weight is 216 g/mol. The molecule has 0 aliphatic heterocycles. The first-order valence-corrected chi connectivity index (χ1v) is 4.21. The van der Waals surface area contributed by atoms with E-state index in [2.05, 4.69) is 10.4 Å². The summed E-state index contributed by atoms with van der Waals surface area (Å²) < 4.78 is 0. The Kier molecular flexibility index (Phi) is 3.27. The number of hydrogen-bond donors (Lipinski definition) is 2. The van der Waals surface area contributed by atoms with Crippen molar-refractivity contribution in [3.8, 4) is 0 Å². The molecule has 0 atom stereocenters. The van der Waals surface area contributed by atoms with Crippen LogP contribution in [0.5, 0.6) is 0 Å². The topological polar surface area (TPSA) is 65.5 Å². The smallest absolute Gasteiger partial charge is 0.337 e. The minimum absolute atomic E-state index is 0.0333. The summed E-state index contributed by atoms with van der Waals surface area (Å²) in [6.07, 6.45) is 1.30. The largest absolute Gasteiger partial charge is 0.478 e. The van der Waals surface area contributed by atoms with Gasteiger partial charge in [-0.3, -0.25) is 0 Å². The van der Waals surface area contributed by atoms with E-state index in [1.165, 1.54) is 12.3 Å². The molecule has 1 aromatic rings. The van der Waals surface area contributed by atoms with Gasteiger partial charge in [-0.15, -0.1) is 0 Å². The number of carboxylic acids is 1. The molecule has 0 radical (unpaired) electrons. The molecule has 0 saturated carbocycles. The van der Waals surface area contributed by atoms with Crippen molar-refractivity contribution in [1.29, 1.82) is 0 Å². The molecule has 6 heteroatoms. The fourth-order valence-corrected chi connectivity index (χ4v) is 1.08. The van der Waals surface area contributed by atoms with Crippen LogP contribution in [0.1, 0.15) is 10.4 Å². The van der Waals surface area contributed by atoms with Gasteiger partial charge in [0.25, 0.3) is 0 Å². The van der Waals surface area contributed by atoms with Gasteiger partial charge < -0.3 is 10.5 Å². The summed E-state index contributed by atoms with van der Waals surface area (Å²) in [4.78, 5) is 14.6. The van der Waals surface area contributed by atoms with Crippen LogP contribution in [0.4, 0.5) is 5.82 Å². The van der Waals surface area contributed by atoms with Gasteiger partial charge in [-0.2, -0.15) is 0 Å². The molecule has 1 heterocycles. The zero-order chi connectivity index (χ0) is 10.7. The van der Waals surface area contributed by atoms with Crippen molar-refractivity contribution in [2.75, 3.05) is 19.5 Å². The lowest BCUT2D eigenvalue weighted by Gasteiger charge is -2.12. The van der Waals surface area contributed by atoms with Gasteiger partial charge in [0.1, 0.15) is 5.82 Å². The third-order valence-electron chi connectivity index (χ3n) is 1.42. The second-order valence-electron chi connectivity index (χ2n) is 2.86. The van der Waals surface area contributed by atoms with Gasteiger partial charge in [0, 0.05) is 20.3 Å². The molecule has 76 valence electrons. The molecule has 2 N–H and O–H groups in total. The number of rotatable bonds is 3. The predicted octanol–water partition coefficient (Wildman–Crippen LogP) is 1.32. The Morgan fingerprint density at radius 3 is 2.79 bits per heavy atom. The van der Waals surface area contributed by atoms with Crippen LogP contribution in [0.3, 0.4) is 0 Å². The van der Waals surface area contributed by atoms with E-state index in [-0.39, 0.29) is 10.6 Å². The number of aromatic nitrogens is 1. The van der Waals surface area contributed by atoms with Crippen molar-refractivity contribution in [3.63, 3.8) is 0 Å². The summed E-state index contributed by atoms with van der Waals surface area (Å²) in [5, 5.41) is 10.6. The van der Waals surface area contributed by atoms with E-state index in [0.29, 0.717) is 5.82 Å². The standard InChI is InChI=1S/C8H10ClN3O2/c1-12(2)11-7-3-5(8(13)14)6(9)4-10-7/h3-4H,1-2H3,(H,10,11)(H,13,14). The normalized spacial score (nSPS) is 10.3. The second-order valence-corrected chi connectivity index (χ2v) is 3.27. The monoisotopic (exact) mass is 215 g/mol. The molecule has 14 heavy (non-hydrogen) atoms. The highest BCUT2D eigenvalue weighted by atomic mass is 35.5. The fourth-order valence-electron chi connectivity index (χ4n) is 0.893. The van der Waals surface area contributed by atoms with Gasteiger partial charge in [-0.05, 0) is 6.07 Å². The van der Waals surface area contributed by atoms with Gasteiger partial charge >= 0.3 is 5.97 Å². The maximum absolute atomic E-state index is 10.7. The van der Waals surface area contributed by atoms with E-state index in [4.69, 9.17) is 16.7 Å². The maximum atomic E-state index is 10.7. The molecule has 0 amide bonds. The highest BCUT2D eigenvalue weighted by molar-refractivity contribution is 6.33. The Labute approximate surface area is 86.3 Å². The molecular formula is C8H10ClN3O2. The Balaban J connectivity index is 3.00. The first-order valence-electron chi connectivity index (χ1n) is 3.83. The average Bonchev–Trinajstić information content (AvgIpc) is 2.07. The number of hydrazine groups is 1. The van der Waals surface area contributed by atoms with Crippen molar-refractivity contribution >= 4 is 23.4 Å². The maximum Gasteiger partial charge on any atom is 0.337 e. The van der Waals surface area contributed by atoms with Crippen LogP contribution in [-0.4, -0.2) is 35.2 Å². The highest BCUT2D eigenvalue weighted by Gasteiger charge is 2.10. The zero-order valence-electron chi connectivity index (χ0n) is 7.78. The summed E-state index contributed by atoms with van der Waals surface area (Å²) in [5.74, 6) is -0.629. The third kappa shape index (κ3) is 2.58. The third-order valence-corrected chi connectivity index (χ3v) is 1.73. The summed E-state index contributed by atoms with van der Waals surface area (Å²) in [6.45, 7) is 0. The molecule has 1 rings (SSSR count). The lowest BCUT2D eigenvalue weighted by molar-refractivity contribution is 0.0697. The Bertz CT molecular complexity index is 354. The Morgan fingerprint density at radius 1 is 1.64 bits per heavy atom. The molecule has 0 aliphatic carbocycles. The van der Waals surface area contributed by atoms with Crippen molar-refractivity contribution in [2.24, 2.45) is 0 Å². The Hall–Kier alpha value is -1.33. The van der Waals surface area contributed by atoms with Gasteiger partial charge in [0.05, 0.1) is 10.6 Å². The first-order chi connectivity index (χ1) is 6.50. The number of nitrogens with one attached hydrogen (secondary N) is 1. The van der Waals surface area contributed by atoms with E-state index in [0.717, 1.165) is 0 Å². The SMILES string of the molecule is CN(C)Nc1cc(C(=O)O)c(Cl)cn1. The Morgan fingerprint density at radius 2 is 2.29 bits per heavy atom. The number of anilines is 1. The number of pyridine rings is 1. The van der Waals surface area contributed by atoms with Crippen molar-refractivity contribution in [2.45, 2.75) is 0 Å². The number of carbonyl (C=O) groups is 1. The fraction of sp³-hybridized carbons (Fsp3) is 0.250. The van der Waals surface area contributed by atoms with E-state index >= 15 is 0 Å². The van der Waals surface area contributed by atoms with Crippen molar-refractivity contribution in [3.05, 3.63) is 22.8 Å².